The van der Waals surface area contributed by atoms with E-state index in [1.54, 1.807) is 0 Å². The third kappa shape index (κ3) is 4.63. The number of nitrogens with one attached hydrogen (secondary N) is 1. The summed E-state index contributed by atoms with van der Waals surface area (Å²) in [4.78, 5) is 12.1. The monoisotopic (exact) mass is 285 g/mol. The zero-order valence-electron chi connectivity index (χ0n) is 11.5. The lowest BCUT2D eigenvalue weighted by Gasteiger charge is -2.33. The largest absolute Gasteiger partial charge is 0.336 e. The molecule has 0 aromatic carbocycles. The van der Waals surface area contributed by atoms with Gasteiger partial charge in [-0.15, -0.1) is 0 Å². The summed E-state index contributed by atoms with van der Waals surface area (Å²) in [5.74, 6) is 1.69. The van der Waals surface area contributed by atoms with Crippen molar-refractivity contribution < 1.29 is 4.79 Å². The van der Waals surface area contributed by atoms with Crippen LogP contribution in [0.3, 0.4) is 0 Å². The van der Waals surface area contributed by atoms with Crippen LogP contribution in [-0.4, -0.2) is 37.1 Å². The third-order valence-corrected chi connectivity index (χ3v) is 5.74. The maximum absolute atomic E-state index is 12.1. The van der Waals surface area contributed by atoms with E-state index in [0.717, 1.165) is 30.4 Å². The predicted molar refractivity (Wildman–Crippen MR) is 79.2 cm³/mol. The molecule has 3 N–H and O–H groups in total. The van der Waals surface area contributed by atoms with Crippen LogP contribution in [-0.2, 0) is 4.79 Å². The molecular formula is C12H23N3OSSi. The average Bonchev–Trinajstić information content (AvgIpc) is 2.28. The molecule has 18 heavy (non-hydrogen) atoms. The third-order valence-electron chi connectivity index (χ3n) is 3.09. The van der Waals surface area contributed by atoms with E-state index in [4.69, 9.17) is 5.73 Å². The van der Waals surface area contributed by atoms with Crippen molar-refractivity contribution >= 4 is 25.7 Å². The molecule has 1 atom stereocenters. The summed E-state index contributed by atoms with van der Waals surface area (Å²) < 4.78 is 0. The van der Waals surface area contributed by atoms with Gasteiger partial charge in [0.15, 0.2) is 0 Å². The van der Waals surface area contributed by atoms with Crippen LogP contribution in [0.4, 0.5) is 0 Å². The molecule has 1 unspecified atom stereocenters. The highest BCUT2D eigenvalue weighted by Gasteiger charge is 2.35. The number of rotatable bonds is 4. The highest BCUT2D eigenvalue weighted by molar-refractivity contribution is 7.99. The van der Waals surface area contributed by atoms with Crippen molar-refractivity contribution in [3.05, 3.63) is 0 Å². The van der Waals surface area contributed by atoms with Gasteiger partial charge in [-0.25, -0.2) is 0 Å². The highest BCUT2D eigenvalue weighted by atomic mass is 32.2. The van der Waals surface area contributed by atoms with Crippen molar-refractivity contribution in [2.24, 2.45) is 5.73 Å². The zero-order chi connectivity index (χ0) is 13.8. The summed E-state index contributed by atoms with van der Waals surface area (Å²) in [6, 6.07) is 2.56. The number of hydrogen-bond acceptors (Lipinski definition) is 4. The van der Waals surface area contributed by atoms with E-state index in [0.29, 0.717) is 0 Å². The zero-order valence-corrected chi connectivity index (χ0v) is 13.3. The van der Waals surface area contributed by atoms with E-state index >= 15 is 0 Å². The molecule has 0 aliphatic carbocycles. The van der Waals surface area contributed by atoms with Crippen molar-refractivity contribution in [1.82, 2.24) is 5.32 Å². The Hall–Kier alpha value is -0.513. The number of nitrogens with two attached hydrogens (primary N) is 1. The van der Waals surface area contributed by atoms with Crippen LogP contribution >= 0.6 is 11.8 Å². The fourth-order valence-corrected chi connectivity index (χ4v) is 4.76. The van der Waals surface area contributed by atoms with E-state index < -0.39 is 19.7 Å². The number of hydrogen-bond donors (Lipinski definition) is 2. The number of carbonyl (C=O) groups excluding carboxylic acids is 1. The molecular weight excluding hydrogens is 262 g/mol. The van der Waals surface area contributed by atoms with Gasteiger partial charge < -0.3 is 11.1 Å². The van der Waals surface area contributed by atoms with Crippen LogP contribution in [0.1, 0.15) is 12.8 Å². The Kier molecular flexibility index (Phi) is 5.26. The van der Waals surface area contributed by atoms with Crippen LogP contribution < -0.4 is 11.1 Å². The summed E-state index contributed by atoms with van der Waals surface area (Å²) in [6.45, 7) is 6.58. The molecule has 0 radical (unpaired) electrons. The maximum atomic E-state index is 12.1. The fourth-order valence-electron chi connectivity index (χ4n) is 2.07. The Labute approximate surface area is 115 Å². The lowest BCUT2D eigenvalue weighted by atomic mass is 9.93. The first-order valence-electron chi connectivity index (χ1n) is 6.35. The Morgan fingerprint density at radius 2 is 2.06 bits per heavy atom. The van der Waals surface area contributed by atoms with Crippen molar-refractivity contribution in [3.63, 3.8) is 0 Å². The van der Waals surface area contributed by atoms with Crippen molar-refractivity contribution in [2.45, 2.75) is 50.1 Å². The lowest BCUT2D eigenvalue weighted by Crippen LogP contribution is -2.55. The highest BCUT2D eigenvalue weighted by Crippen LogP contribution is 2.26. The molecule has 0 spiro atoms. The number of thioether (sulfide) groups is 1. The van der Waals surface area contributed by atoms with Gasteiger partial charge in [-0.1, -0.05) is 19.6 Å². The summed E-state index contributed by atoms with van der Waals surface area (Å²) >= 11 is 1.83. The normalized spacial score (nSPS) is 20.8. The molecule has 102 valence electrons. The van der Waals surface area contributed by atoms with Crippen molar-refractivity contribution in [3.8, 4) is 6.07 Å². The Bertz CT molecular complexity index is 342. The minimum absolute atomic E-state index is 0.161. The summed E-state index contributed by atoms with van der Waals surface area (Å²) in [5, 5.41) is 12.2. The van der Waals surface area contributed by atoms with Gasteiger partial charge in [0.25, 0.3) is 0 Å². The Morgan fingerprint density at radius 1 is 1.50 bits per heavy atom. The molecule has 0 aromatic heterocycles. The summed E-state index contributed by atoms with van der Waals surface area (Å²) in [5.41, 5.74) is 5.26. The summed E-state index contributed by atoms with van der Waals surface area (Å²) in [6.07, 6.45) is 1.44. The van der Waals surface area contributed by atoms with Crippen LogP contribution in [0, 0.1) is 11.3 Å². The first-order valence-corrected chi connectivity index (χ1v) is 11.2. The van der Waals surface area contributed by atoms with E-state index in [-0.39, 0.29) is 5.91 Å². The van der Waals surface area contributed by atoms with Gasteiger partial charge >= 0.3 is 0 Å². The molecule has 1 aliphatic heterocycles. The smallest absolute Gasteiger partial charge is 0.237 e. The molecule has 1 fully saturated rings. The molecule has 0 aromatic rings. The minimum Gasteiger partial charge on any atom is -0.336 e. The number of nitriles is 1. The Morgan fingerprint density at radius 3 is 2.50 bits per heavy atom. The number of nitrogens with zero attached hydrogens (tertiary/aromatic N) is 1. The SMILES string of the molecule is C[Si](C)(C)CC(N)C(=O)NC1(C#N)CCSCC1. The van der Waals surface area contributed by atoms with Gasteiger partial charge in [-0.3, -0.25) is 4.79 Å². The molecule has 6 heteroatoms. The minimum atomic E-state index is -1.36. The van der Waals surface area contributed by atoms with E-state index in [2.05, 4.69) is 31.0 Å². The van der Waals surface area contributed by atoms with Crippen molar-refractivity contribution in [1.29, 1.82) is 5.26 Å². The van der Waals surface area contributed by atoms with Crippen LogP contribution in [0.5, 0.6) is 0 Å². The summed E-state index contributed by atoms with van der Waals surface area (Å²) in [7, 11) is -1.36. The molecule has 0 saturated carbocycles. The van der Waals surface area contributed by atoms with E-state index in [9.17, 15) is 10.1 Å². The van der Waals surface area contributed by atoms with Gasteiger partial charge in [-0.05, 0) is 30.4 Å². The van der Waals surface area contributed by atoms with Gasteiger partial charge in [0.2, 0.25) is 5.91 Å². The second-order valence-electron chi connectivity index (χ2n) is 6.17. The van der Waals surface area contributed by atoms with E-state index in [1.807, 2.05) is 11.8 Å². The van der Waals surface area contributed by atoms with Crippen LogP contribution in [0.2, 0.25) is 25.7 Å². The molecule has 1 saturated heterocycles. The number of carbonyl (C=O) groups is 1. The Balaban J connectivity index is 2.60. The average molecular weight is 285 g/mol. The van der Waals surface area contributed by atoms with Gasteiger partial charge in [0, 0.05) is 8.07 Å². The molecule has 1 heterocycles. The fraction of sp³-hybridized carbons (Fsp3) is 0.833. The van der Waals surface area contributed by atoms with Gasteiger partial charge in [0.05, 0.1) is 12.1 Å². The van der Waals surface area contributed by atoms with Crippen LogP contribution in [0.25, 0.3) is 0 Å². The second kappa shape index (κ2) is 6.09. The standard InChI is InChI=1S/C12H23N3OSSi/c1-18(2,3)8-10(14)11(16)15-12(9-13)4-6-17-7-5-12/h10H,4-8,14H2,1-3H3,(H,15,16). The molecule has 1 aliphatic rings. The lowest BCUT2D eigenvalue weighted by molar-refractivity contribution is -0.123. The van der Waals surface area contributed by atoms with Gasteiger partial charge in [-0.2, -0.15) is 17.0 Å². The first kappa shape index (κ1) is 15.5. The molecule has 1 amide bonds. The topological polar surface area (TPSA) is 78.9 Å². The van der Waals surface area contributed by atoms with Crippen molar-refractivity contribution in [2.75, 3.05) is 11.5 Å². The van der Waals surface area contributed by atoms with Gasteiger partial charge in [0.1, 0.15) is 5.54 Å². The van der Waals surface area contributed by atoms with E-state index in [1.165, 1.54) is 0 Å². The second-order valence-corrected chi connectivity index (χ2v) is 12.9. The predicted octanol–water partition coefficient (Wildman–Crippen LogP) is 1.56. The maximum Gasteiger partial charge on any atom is 0.237 e. The molecule has 4 nitrogen and oxygen atoms in total. The first-order chi connectivity index (χ1) is 8.28. The molecule has 0 bridgehead atoms. The molecule has 1 rings (SSSR count). The van der Waals surface area contributed by atoms with Crippen LogP contribution in [0.15, 0.2) is 0 Å². The quantitative estimate of drug-likeness (QED) is 0.768. The number of amides is 1.